The molecule has 3 nitrogen and oxygen atoms in total. The van der Waals surface area contributed by atoms with Gasteiger partial charge in [0, 0.05) is 25.2 Å². The van der Waals surface area contributed by atoms with Crippen LogP contribution in [0.2, 0.25) is 0 Å². The highest BCUT2D eigenvalue weighted by atomic mass is 16.3. The molecule has 3 heteroatoms. The molecule has 0 aromatic carbocycles. The molecule has 1 fully saturated rings. The van der Waals surface area contributed by atoms with Crippen LogP contribution in [0.5, 0.6) is 0 Å². The van der Waals surface area contributed by atoms with Gasteiger partial charge in [-0.05, 0) is 46.7 Å². The van der Waals surface area contributed by atoms with Crippen LogP contribution in [0, 0.1) is 0 Å². The monoisotopic (exact) mass is 228 g/mol. The van der Waals surface area contributed by atoms with Gasteiger partial charge < -0.3 is 10.0 Å². The van der Waals surface area contributed by atoms with Crippen LogP contribution in [0.4, 0.5) is 0 Å². The van der Waals surface area contributed by atoms with Crippen molar-refractivity contribution in [3.8, 4) is 0 Å². The van der Waals surface area contributed by atoms with E-state index in [0.29, 0.717) is 5.54 Å². The fraction of sp³-hybridized carbons (Fsp3) is 1.00. The van der Waals surface area contributed by atoms with E-state index < -0.39 is 0 Å². The van der Waals surface area contributed by atoms with E-state index in [1.165, 1.54) is 6.54 Å². The molecule has 0 spiro atoms. The number of nitrogens with zero attached hydrogens (tertiary/aromatic N) is 2. The van der Waals surface area contributed by atoms with E-state index in [9.17, 15) is 5.11 Å². The minimum atomic E-state index is -0.0968. The maximum absolute atomic E-state index is 9.51. The van der Waals surface area contributed by atoms with Crippen LogP contribution >= 0.6 is 0 Å². The van der Waals surface area contributed by atoms with Crippen LogP contribution in [-0.4, -0.2) is 59.8 Å². The fourth-order valence-corrected chi connectivity index (χ4v) is 2.29. The minimum absolute atomic E-state index is 0.0968. The van der Waals surface area contributed by atoms with E-state index in [-0.39, 0.29) is 6.10 Å². The molecule has 16 heavy (non-hydrogen) atoms. The van der Waals surface area contributed by atoms with Gasteiger partial charge in [-0.1, -0.05) is 6.92 Å². The third-order valence-corrected chi connectivity index (χ3v) is 3.88. The zero-order chi connectivity index (χ0) is 12.2. The molecule has 0 saturated carbocycles. The molecular weight excluding hydrogens is 200 g/mol. The highest BCUT2D eigenvalue weighted by Crippen LogP contribution is 2.19. The Morgan fingerprint density at radius 3 is 2.56 bits per heavy atom. The molecule has 0 radical (unpaired) electrons. The van der Waals surface area contributed by atoms with E-state index in [0.717, 1.165) is 38.9 Å². The normalized spacial score (nSPS) is 24.6. The molecule has 0 aromatic heterocycles. The summed E-state index contributed by atoms with van der Waals surface area (Å²) in [4.78, 5) is 4.97. The van der Waals surface area contributed by atoms with Crippen LogP contribution in [0.25, 0.3) is 0 Å². The van der Waals surface area contributed by atoms with Gasteiger partial charge in [0.15, 0.2) is 0 Å². The number of hydrogen-bond donors (Lipinski definition) is 1. The van der Waals surface area contributed by atoms with Crippen molar-refractivity contribution < 1.29 is 5.11 Å². The summed E-state index contributed by atoms with van der Waals surface area (Å²) >= 11 is 0. The van der Waals surface area contributed by atoms with E-state index in [1.54, 1.807) is 0 Å². The van der Waals surface area contributed by atoms with Crippen molar-refractivity contribution in [1.29, 1.82) is 0 Å². The van der Waals surface area contributed by atoms with Gasteiger partial charge in [0.2, 0.25) is 0 Å². The van der Waals surface area contributed by atoms with Crippen molar-refractivity contribution in [2.24, 2.45) is 0 Å². The molecule has 1 unspecified atom stereocenters. The van der Waals surface area contributed by atoms with Crippen molar-refractivity contribution in [1.82, 2.24) is 9.80 Å². The highest BCUT2D eigenvalue weighted by Gasteiger charge is 2.30. The second-order valence-corrected chi connectivity index (χ2v) is 5.71. The predicted molar refractivity (Wildman–Crippen MR) is 68.7 cm³/mol. The molecular formula is C13H28N2O. The fourth-order valence-electron chi connectivity index (χ4n) is 2.29. The molecule has 0 aromatic rings. The topological polar surface area (TPSA) is 26.7 Å². The molecule has 0 amide bonds. The lowest BCUT2D eigenvalue weighted by Gasteiger charge is -2.45. The molecule has 0 bridgehead atoms. The van der Waals surface area contributed by atoms with E-state index in [4.69, 9.17) is 0 Å². The van der Waals surface area contributed by atoms with E-state index >= 15 is 0 Å². The molecule has 1 aliphatic heterocycles. The molecule has 1 N–H and O–H groups in total. The van der Waals surface area contributed by atoms with E-state index in [1.807, 2.05) is 6.92 Å². The summed E-state index contributed by atoms with van der Waals surface area (Å²) in [6.07, 6.45) is 2.85. The van der Waals surface area contributed by atoms with Gasteiger partial charge in [-0.2, -0.15) is 0 Å². The summed E-state index contributed by atoms with van der Waals surface area (Å²) in [6, 6.07) is 0. The first-order chi connectivity index (χ1) is 7.45. The van der Waals surface area contributed by atoms with Gasteiger partial charge in [-0.25, -0.2) is 0 Å². The molecule has 1 saturated heterocycles. The number of likely N-dealkylation sites (N-methyl/N-ethyl adjacent to an activating group) is 1. The largest absolute Gasteiger partial charge is 0.393 e. The molecule has 1 heterocycles. The summed E-state index contributed by atoms with van der Waals surface area (Å²) in [5.41, 5.74) is 0.293. The average Bonchev–Trinajstić information content (AvgIpc) is 2.22. The Morgan fingerprint density at radius 1 is 1.31 bits per heavy atom. The lowest BCUT2D eigenvalue weighted by Crippen LogP contribution is -2.57. The Kier molecular flexibility index (Phi) is 5.22. The summed E-state index contributed by atoms with van der Waals surface area (Å²) in [6.45, 7) is 11.3. The van der Waals surface area contributed by atoms with Crippen molar-refractivity contribution >= 4 is 0 Å². The zero-order valence-electron chi connectivity index (χ0n) is 11.4. The maximum Gasteiger partial charge on any atom is 0.0538 e. The van der Waals surface area contributed by atoms with Crippen LogP contribution in [0.3, 0.4) is 0 Å². The van der Waals surface area contributed by atoms with E-state index in [2.05, 4.69) is 30.7 Å². The number of aliphatic hydroxyl groups is 1. The number of piperazine rings is 1. The Bertz CT molecular complexity index is 206. The standard InChI is InChI=1S/C13H28N2O/c1-5-12(16)7-6-8-15-10-9-14(4)13(2,3)11-15/h12,16H,5-11H2,1-4H3. The van der Waals surface area contributed by atoms with Crippen LogP contribution < -0.4 is 0 Å². The summed E-state index contributed by atoms with van der Waals surface area (Å²) in [7, 11) is 2.21. The Balaban J connectivity index is 2.24. The number of aliphatic hydroxyl groups excluding tert-OH is 1. The smallest absolute Gasteiger partial charge is 0.0538 e. The maximum atomic E-state index is 9.51. The molecule has 0 aliphatic carbocycles. The lowest BCUT2D eigenvalue weighted by atomic mass is 9.99. The van der Waals surface area contributed by atoms with Crippen molar-refractivity contribution in [2.45, 2.75) is 51.7 Å². The van der Waals surface area contributed by atoms with Crippen molar-refractivity contribution in [3.63, 3.8) is 0 Å². The quantitative estimate of drug-likeness (QED) is 0.773. The van der Waals surface area contributed by atoms with Gasteiger partial charge in [0.1, 0.15) is 0 Å². The first-order valence-corrected chi connectivity index (χ1v) is 6.57. The number of rotatable bonds is 5. The SMILES string of the molecule is CCC(O)CCCN1CCN(C)C(C)(C)C1. The first-order valence-electron chi connectivity index (χ1n) is 6.57. The second kappa shape index (κ2) is 5.99. The zero-order valence-corrected chi connectivity index (χ0v) is 11.4. The Morgan fingerprint density at radius 2 is 2.00 bits per heavy atom. The second-order valence-electron chi connectivity index (χ2n) is 5.71. The lowest BCUT2D eigenvalue weighted by molar-refractivity contribution is 0.0370. The highest BCUT2D eigenvalue weighted by molar-refractivity contribution is 4.88. The van der Waals surface area contributed by atoms with Crippen LogP contribution in [0.15, 0.2) is 0 Å². The minimum Gasteiger partial charge on any atom is -0.393 e. The summed E-state index contributed by atoms with van der Waals surface area (Å²) < 4.78 is 0. The van der Waals surface area contributed by atoms with Crippen molar-refractivity contribution in [3.05, 3.63) is 0 Å². The van der Waals surface area contributed by atoms with Gasteiger partial charge in [-0.15, -0.1) is 0 Å². The van der Waals surface area contributed by atoms with Crippen molar-refractivity contribution in [2.75, 3.05) is 33.2 Å². The molecule has 1 rings (SSSR count). The molecule has 1 aliphatic rings. The Labute approximate surface area is 100 Å². The molecule has 1 atom stereocenters. The Hall–Kier alpha value is -0.120. The average molecular weight is 228 g/mol. The van der Waals surface area contributed by atoms with Gasteiger partial charge >= 0.3 is 0 Å². The van der Waals surface area contributed by atoms with Crippen LogP contribution in [0.1, 0.15) is 40.0 Å². The van der Waals surface area contributed by atoms with Gasteiger partial charge in [-0.3, -0.25) is 4.90 Å². The summed E-state index contributed by atoms with van der Waals surface area (Å²) in [5.74, 6) is 0. The third-order valence-electron chi connectivity index (χ3n) is 3.88. The third kappa shape index (κ3) is 4.04. The summed E-state index contributed by atoms with van der Waals surface area (Å²) in [5, 5.41) is 9.51. The van der Waals surface area contributed by atoms with Gasteiger partial charge in [0.25, 0.3) is 0 Å². The first kappa shape index (κ1) is 13.9. The number of hydrogen-bond acceptors (Lipinski definition) is 3. The predicted octanol–water partition coefficient (Wildman–Crippen LogP) is 1.56. The molecule has 96 valence electrons. The van der Waals surface area contributed by atoms with Gasteiger partial charge in [0.05, 0.1) is 6.10 Å². The van der Waals surface area contributed by atoms with Crippen LogP contribution in [-0.2, 0) is 0 Å².